The molecule has 31 heavy (non-hydrogen) atoms. The van der Waals surface area contributed by atoms with E-state index in [0.717, 1.165) is 35.0 Å². The Balaban J connectivity index is 1.87. The highest BCUT2D eigenvalue weighted by Gasteiger charge is 2.31. The summed E-state index contributed by atoms with van der Waals surface area (Å²) in [5.41, 5.74) is 11.0. The number of rotatable bonds is 3. The number of ether oxygens (including phenoxy) is 2. The number of nitrogens with zero attached hydrogens (tertiary/aromatic N) is 1. The minimum Gasteiger partial charge on any atom is -0.493 e. The molecule has 3 aromatic rings. The normalized spacial score (nSPS) is 19.1. The van der Waals surface area contributed by atoms with Crippen LogP contribution in [0.1, 0.15) is 53.9 Å². The Morgan fingerprint density at radius 1 is 1.19 bits per heavy atom. The third-order valence-electron chi connectivity index (χ3n) is 6.68. The van der Waals surface area contributed by atoms with Crippen LogP contribution in [0.25, 0.3) is 22.2 Å². The predicted molar refractivity (Wildman–Crippen MR) is 120 cm³/mol. The fraction of sp³-hybridized carbons (Fsp3) is 0.400. The molecule has 2 aliphatic rings. The van der Waals surface area contributed by atoms with E-state index in [9.17, 15) is 9.90 Å². The highest BCUT2D eigenvalue weighted by molar-refractivity contribution is 5.99. The summed E-state index contributed by atoms with van der Waals surface area (Å²) in [6.45, 7) is 0.933. The number of methoxy groups -OCH3 is 1. The van der Waals surface area contributed by atoms with E-state index in [-0.39, 0.29) is 6.04 Å². The molecule has 1 aromatic heterocycles. The van der Waals surface area contributed by atoms with E-state index in [1.54, 1.807) is 19.2 Å². The van der Waals surface area contributed by atoms with Gasteiger partial charge in [0.05, 0.1) is 24.4 Å². The molecular weight excluding hydrogens is 392 g/mol. The molecule has 1 fully saturated rings. The lowest BCUT2D eigenvalue weighted by molar-refractivity contribution is 0.0697. The van der Waals surface area contributed by atoms with Crippen LogP contribution < -0.4 is 15.2 Å². The summed E-state index contributed by atoms with van der Waals surface area (Å²) in [5.74, 6) is 0.902. The van der Waals surface area contributed by atoms with Crippen LogP contribution in [0.5, 0.6) is 11.5 Å². The molecule has 6 nitrogen and oxygen atoms in total. The molecule has 3 N–H and O–H groups in total. The number of hydrogen-bond donors (Lipinski definition) is 2. The van der Waals surface area contributed by atoms with Gasteiger partial charge in [-0.2, -0.15) is 0 Å². The molecule has 0 unspecified atom stereocenters. The monoisotopic (exact) mass is 420 g/mol. The molecule has 2 aromatic carbocycles. The average molecular weight is 421 g/mol. The molecule has 2 heterocycles. The first-order chi connectivity index (χ1) is 15.1. The van der Waals surface area contributed by atoms with Gasteiger partial charge in [-0.05, 0) is 48.6 Å². The van der Waals surface area contributed by atoms with Gasteiger partial charge in [-0.15, -0.1) is 0 Å². The lowest BCUT2D eigenvalue weighted by Crippen LogP contribution is -2.34. The van der Waals surface area contributed by atoms with Crippen LogP contribution in [0.2, 0.25) is 0 Å². The molecule has 0 saturated heterocycles. The van der Waals surface area contributed by atoms with Crippen LogP contribution in [0.15, 0.2) is 36.4 Å². The predicted octanol–water partition coefficient (Wildman–Crippen LogP) is 4.78. The molecule has 0 radical (unpaired) electrons. The first-order valence-electron chi connectivity index (χ1n) is 11.0. The van der Waals surface area contributed by atoms with Crippen LogP contribution in [0.4, 0.5) is 0 Å². The standard InChI is InChI=1S/C25H28N2O4/c1-30-21-9-5-8-19-23-22(15-6-3-2-4-7-15)18-11-10-16(25(28)29)12-20(18)27(23)13-17(26)14-31-24(19)21/h5,8-12,15,17H,2-4,6-7,13-14,26H2,1H3,(H,28,29)/t17-/m1/s1. The summed E-state index contributed by atoms with van der Waals surface area (Å²) in [5, 5.41) is 10.7. The Labute approximate surface area is 181 Å². The lowest BCUT2D eigenvalue weighted by Gasteiger charge is -2.27. The van der Waals surface area contributed by atoms with Gasteiger partial charge in [0, 0.05) is 23.0 Å². The van der Waals surface area contributed by atoms with Gasteiger partial charge in [0.15, 0.2) is 11.5 Å². The van der Waals surface area contributed by atoms with Crippen LogP contribution in [-0.2, 0) is 6.54 Å². The summed E-state index contributed by atoms with van der Waals surface area (Å²) in [7, 11) is 1.65. The van der Waals surface area contributed by atoms with Crippen molar-refractivity contribution in [2.45, 2.75) is 50.6 Å². The van der Waals surface area contributed by atoms with Crippen LogP contribution in [0, 0.1) is 0 Å². The molecule has 1 saturated carbocycles. The second-order valence-corrected chi connectivity index (χ2v) is 8.65. The Morgan fingerprint density at radius 2 is 2.00 bits per heavy atom. The number of para-hydroxylation sites is 1. The molecule has 1 aliphatic heterocycles. The lowest BCUT2D eigenvalue weighted by atomic mass is 9.81. The first kappa shape index (κ1) is 19.9. The summed E-state index contributed by atoms with van der Waals surface area (Å²) in [6, 6.07) is 11.2. The topological polar surface area (TPSA) is 86.7 Å². The van der Waals surface area contributed by atoms with Crippen molar-refractivity contribution in [3.05, 3.63) is 47.5 Å². The molecule has 6 heteroatoms. The highest BCUT2D eigenvalue weighted by Crippen LogP contribution is 2.48. The van der Waals surface area contributed by atoms with Gasteiger partial charge in [-0.1, -0.05) is 31.4 Å². The van der Waals surface area contributed by atoms with E-state index in [2.05, 4.69) is 10.6 Å². The van der Waals surface area contributed by atoms with E-state index < -0.39 is 5.97 Å². The third kappa shape index (κ3) is 3.35. The molecule has 0 bridgehead atoms. The van der Waals surface area contributed by atoms with Crippen LogP contribution in [-0.4, -0.2) is 35.4 Å². The van der Waals surface area contributed by atoms with Crippen molar-refractivity contribution >= 4 is 16.9 Å². The van der Waals surface area contributed by atoms with E-state index in [1.165, 1.54) is 24.8 Å². The maximum atomic E-state index is 11.7. The SMILES string of the molecule is COc1cccc2c1OC[C@H](N)Cn1c-2c(C2CCCCC2)c2ccc(C(=O)O)cc21. The van der Waals surface area contributed by atoms with Crippen molar-refractivity contribution in [1.29, 1.82) is 0 Å². The van der Waals surface area contributed by atoms with Crippen molar-refractivity contribution in [3.63, 3.8) is 0 Å². The van der Waals surface area contributed by atoms with Crippen LogP contribution in [0.3, 0.4) is 0 Å². The maximum Gasteiger partial charge on any atom is 0.335 e. The summed E-state index contributed by atoms with van der Waals surface area (Å²) >= 11 is 0. The summed E-state index contributed by atoms with van der Waals surface area (Å²) in [6.07, 6.45) is 5.97. The number of carboxylic acid groups (broad SMARTS) is 1. The largest absolute Gasteiger partial charge is 0.493 e. The van der Waals surface area contributed by atoms with E-state index in [4.69, 9.17) is 15.2 Å². The second kappa shape index (κ2) is 7.93. The number of hydrogen-bond acceptors (Lipinski definition) is 4. The van der Waals surface area contributed by atoms with Gasteiger partial charge in [-0.3, -0.25) is 0 Å². The molecule has 162 valence electrons. The van der Waals surface area contributed by atoms with E-state index in [1.807, 2.05) is 18.2 Å². The number of carboxylic acids is 1. The van der Waals surface area contributed by atoms with Gasteiger partial charge in [0.25, 0.3) is 0 Å². The number of benzene rings is 2. The average Bonchev–Trinajstić information content (AvgIpc) is 3.09. The Morgan fingerprint density at radius 3 is 2.74 bits per heavy atom. The van der Waals surface area contributed by atoms with Gasteiger partial charge in [0.2, 0.25) is 0 Å². The van der Waals surface area contributed by atoms with Gasteiger partial charge in [-0.25, -0.2) is 4.79 Å². The molecular formula is C25H28N2O4. The smallest absolute Gasteiger partial charge is 0.335 e. The Hall–Kier alpha value is -2.99. The molecule has 1 aliphatic carbocycles. The third-order valence-corrected chi connectivity index (χ3v) is 6.68. The minimum atomic E-state index is -0.919. The van der Waals surface area contributed by atoms with E-state index in [0.29, 0.717) is 36.1 Å². The zero-order valence-electron chi connectivity index (χ0n) is 17.8. The first-order valence-corrected chi connectivity index (χ1v) is 11.0. The van der Waals surface area contributed by atoms with Crippen molar-refractivity contribution in [1.82, 2.24) is 4.57 Å². The highest BCUT2D eigenvalue weighted by atomic mass is 16.5. The molecule has 0 spiro atoms. The quantitative estimate of drug-likeness (QED) is 0.637. The van der Waals surface area contributed by atoms with Crippen LogP contribution >= 0.6 is 0 Å². The van der Waals surface area contributed by atoms with Gasteiger partial charge in [0.1, 0.15) is 6.61 Å². The molecule has 0 amide bonds. The number of nitrogens with two attached hydrogens (primary N) is 1. The van der Waals surface area contributed by atoms with Gasteiger partial charge < -0.3 is 24.9 Å². The van der Waals surface area contributed by atoms with Crippen molar-refractivity contribution in [2.24, 2.45) is 5.73 Å². The van der Waals surface area contributed by atoms with E-state index >= 15 is 0 Å². The second-order valence-electron chi connectivity index (χ2n) is 8.65. The van der Waals surface area contributed by atoms with Crippen molar-refractivity contribution < 1.29 is 19.4 Å². The molecule has 5 rings (SSSR count). The number of fused-ring (bicyclic) bond motifs is 5. The molecule has 1 atom stereocenters. The number of aromatic nitrogens is 1. The zero-order valence-corrected chi connectivity index (χ0v) is 17.8. The maximum absolute atomic E-state index is 11.7. The van der Waals surface area contributed by atoms with Gasteiger partial charge >= 0.3 is 5.97 Å². The summed E-state index contributed by atoms with van der Waals surface area (Å²) < 4.78 is 14.0. The Bertz CT molecular complexity index is 1140. The fourth-order valence-electron chi connectivity index (χ4n) is 5.28. The minimum absolute atomic E-state index is 0.222. The fourth-order valence-corrected chi connectivity index (χ4v) is 5.28. The Kier molecular flexibility index (Phi) is 5.10. The zero-order chi connectivity index (χ0) is 21.5. The number of aromatic carboxylic acids is 1. The van der Waals surface area contributed by atoms with Crippen molar-refractivity contribution in [3.8, 4) is 22.8 Å². The number of carbonyl (C=O) groups is 1. The van der Waals surface area contributed by atoms with Crippen molar-refractivity contribution in [2.75, 3.05) is 13.7 Å². The summed E-state index contributed by atoms with van der Waals surface area (Å²) in [4.78, 5) is 11.7.